The molecule has 1 amide bonds. The fourth-order valence-corrected chi connectivity index (χ4v) is 5.05. The molecule has 7 nitrogen and oxygen atoms in total. The van der Waals surface area contributed by atoms with E-state index in [2.05, 4.69) is 11.8 Å². The van der Waals surface area contributed by atoms with E-state index in [0.29, 0.717) is 58.0 Å². The van der Waals surface area contributed by atoms with E-state index < -0.39 is 10.0 Å². The Balaban J connectivity index is 2.51. The Labute approximate surface area is 175 Å². The Bertz CT molecular complexity index is 772. The number of carbonyl (C=O) groups is 1. The van der Waals surface area contributed by atoms with Gasteiger partial charge in [-0.25, -0.2) is 8.42 Å². The summed E-state index contributed by atoms with van der Waals surface area (Å²) in [7, 11) is -3.63. The molecule has 0 spiro atoms. The third kappa shape index (κ3) is 5.49. The summed E-state index contributed by atoms with van der Waals surface area (Å²) in [5.74, 6) is -0.112. The van der Waals surface area contributed by atoms with E-state index in [0.717, 1.165) is 18.5 Å². The van der Waals surface area contributed by atoms with Crippen molar-refractivity contribution in [2.75, 3.05) is 57.4 Å². The van der Waals surface area contributed by atoms with Gasteiger partial charge in [0, 0.05) is 45.0 Å². The van der Waals surface area contributed by atoms with Gasteiger partial charge in [0.2, 0.25) is 10.0 Å². The number of hydrogen-bond donors (Lipinski definition) is 0. The lowest BCUT2D eigenvalue weighted by molar-refractivity contribution is 0.0761. The van der Waals surface area contributed by atoms with E-state index in [9.17, 15) is 13.2 Å². The van der Waals surface area contributed by atoms with Gasteiger partial charge in [0.15, 0.2) is 0 Å². The number of carbonyl (C=O) groups excluding carboxylic acids is 1. The number of rotatable bonds is 10. The number of unbranched alkanes of at least 4 members (excludes halogenated alkanes) is 1. The van der Waals surface area contributed by atoms with Gasteiger partial charge in [0.05, 0.1) is 23.7 Å². The lowest BCUT2D eigenvalue weighted by atomic mass is 10.1. The van der Waals surface area contributed by atoms with E-state index in [1.807, 2.05) is 20.8 Å². The molecular weight excluding hydrogens is 390 g/mol. The zero-order chi connectivity index (χ0) is 21.4. The Kier molecular flexibility index (Phi) is 8.92. The number of anilines is 1. The van der Waals surface area contributed by atoms with Crippen molar-refractivity contribution in [1.29, 1.82) is 0 Å². The molecule has 1 aromatic rings. The van der Waals surface area contributed by atoms with Gasteiger partial charge in [0.1, 0.15) is 0 Å². The highest BCUT2D eigenvalue weighted by molar-refractivity contribution is 7.89. The average Bonchev–Trinajstić information content (AvgIpc) is 2.75. The maximum Gasteiger partial charge on any atom is 0.255 e. The molecule has 1 aliphatic rings. The van der Waals surface area contributed by atoms with Crippen LogP contribution in [0.1, 0.15) is 50.9 Å². The minimum absolute atomic E-state index is 0.112. The summed E-state index contributed by atoms with van der Waals surface area (Å²) in [4.78, 5) is 17.5. The van der Waals surface area contributed by atoms with Gasteiger partial charge in [-0.15, -0.1) is 0 Å². The Morgan fingerprint density at radius 2 is 1.72 bits per heavy atom. The molecule has 0 atom stereocenters. The van der Waals surface area contributed by atoms with Crippen molar-refractivity contribution in [2.24, 2.45) is 0 Å². The summed E-state index contributed by atoms with van der Waals surface area (Å²) in [5.41, 5.74) is 1.24. The summed E-state index contributed by atoms with van der Waals surface area (Å²) in [6, 6.07) is 4.97. The normalized spacial score (nSPS) is 15.0. The molecule has 1 saturated heterocycles. The van der Waals surface area contributed by atoms with Crippen LogP contribution >= 0.6 is 0 Å². The summed E-state index contributed by atoms with van der Waals surface area (Å²) >= 11 is 0. The first kappa shape index (κ1) is 23.6. The molecule has 0 N–H and O–H groups in total. The highest BCUT2D eigenvalue weighted by atomic mass is 32.2. The monoisotopic (exact) mass is 425 g/mol. The molecule has 0 saturated carbocycles. The van der Waals surface area contributed by atoms with Crippen LogP contribution in [0.25, 0.3) is 0 Å². The van der Waals surface area contributed by atoms with Crippen molar-refractivity contribution in [2.45, 2.75) is 45.4 Å². The molecule has 2 rings (SSSR count). The average molecular weight is 426 g/mol. The standard InChI is InChI=1S/C21H35N3O4S/c1-5-9-12-22(6-2)21(25)19-17-18(29(26,27)24(7-3)8-4)10-11-20(19)23-13-15-28-16-14-23/h10-11,17H,5-9,12-16H2,1-4H3. The topological polar surface area (TPSA) is 70.2 Å². The van der Waals surface area contributed by atoms with E-state index in [-0.39, 0.29) is 10.8 Å². The summed E-state index contributed by atoms with van der Waals surface area (Å²) in [6.07, 6.45) is 1.92. The predicted molar refractivity (Wildman–Crippen MR) is 116 cm³/mol. The Morgan fingerprint density at radius 1 is 1.07 bits per heavy atom. The van der Waals surface area contributed by atoms with E-state index in [1.54, 1.807) is 23.1 Å². The van der Waals surface area contributed by atoms with E-state index in [1.165, 1.54) is 4.31 Å². The smallest absolute Gasteiger partial charge is 0.255 e. The Morgan fingerprint density at radius 3 is 2.28 bits per heavy atom. The van der Waals surface area contributed by atoms with Crippen LogP contribution in [0, 0.1) is 0 Å². The maximum atomic E-state index is 13.4. The second-order valence-corrected chi connectivity index (χ2v) is 9.04. The van der Waals surface area contributed by atoms with Crippen molar-refractivity contribution >= 4 is 21.6 Å². The van der Waals surface area contributed by atoms with Gasteiger partial charge in [-0.3, -0.25) is 4.79 Å². The number of morpholine rings is 1. The van der Waals surface area contributed by atoms with Crippen molar-refractivity contribution < 1.29 is 17.9 Å². The molecule has 0 aromatic heterocycles. The fourth-order valence-electron chi connectivity index (χ4n) is 3.56. The highest BCUT2D eigenvalue weighted by Crippen LogP contribution is 2.28. The van der Waals surface area contributed by atoms with Crippen LogP contribution in [0.15, 0.2) is 23.1 Å². The first-order valence-electron chi connectivity index (χ1n) is 10.7. The zero-order valence-electron chi connectivity index (χ0n) is 18.2. The maximum absolute atomic E-state index is 13.4. The van der Waals surface area contributed by atoms with Crippen LogP contribution < -0.4 is 4.90 Å². The van der Waals surface area contributed by atoms with Gasteiger partial charge in [0.25, 0.3) is 5.91 Å². The summed E-state index contributed by atoms with van der Waals surface area (Å²) in [6.45, 7) is 12.3. The molecule has 1 heterocycles. The molecule has 8 heteroatoms. The third-order valence-electron chi connectivity index (χ3n) is 5.34. The number of sulfonamides is 1. The van der Waals surface area contributed by atoms with Crippen LogP contribution in [0.5, 0.6) is 0 Å². The van der Waals surface area contributed by atoms with Crippen molar-refractivity contribution in [3.05, 3.63) is 23.8 Å². The SMILES string of the molecule is CCCCN(CC)C(=O)c1cc(S(=O)(=O)N(CC)CC)ccc1N1CCOCC1. The number of ether oxygens (including phenoxy) is 1. The Hall–Kier alpha value is -1.64. The molecule has 1 aromatic carbocycles. The zero-order valence-corrected chi connectivity index (χ0v) is 19.0. The molecule has 1 aliphatic heterocycles. The number of hydrogen-bond acceptors (Lipinski definition) is 5. The van der Waals surface area contributed by atoms with Gasteiger partial charge in [-0.1, -0.05) is 27.2 Å². The lowest BCUT2D eigenvalue weighted by Gasteiger charge is -2.32. The second-order valence-electron chi connectivity index (χ2n) is 7.11. The second kappa shape index (κ2) is 10.9. The van der Waals surface area contributed by atoms with E-state index in [4.69, 9.17) is 4.74 Å². The van der Waals surface area contributed by atoms with Gasteiger partial charge in [-0.05, 0) is 31.5 Å². The largest absolute Gasteiger partial charge is 0.378 e. The quantitative estimate of drug-likeness (QED) is 0.577. The molecular formula is C21H35N3O4S. The first-order chi connectivity index (χ1) is 13.9. The summed E-state index contributed by atoms with van der Waals surface area (Å²) in [5, 5.41) is 0. The van der Waals surface area contributed by atoms with Crippen molar-refractivity contribution in [3.63, 3.8) is 0 Å². The van der Waals surface area contributed by atoms with Crippen LogP contribution in [0.4, 0.5) is 5.69 Å². The molecule has 0 unspecified atom stereocenters. The highest BCUT2D eigenvalue weighted by Gasteiger charge is 2.27. The van der Waals surface area contributed by atoms with Crippen LogP contribution in [-0.2, 0) is 14.8 Å². The summed E-state index contributed by atoms with van der Waals surface area (Å²) < 4.78 is 32.9. The first-order valence-corrected chi connectivity index (χ1v) is 12.1. The van der Waals surface area contributed by atoms with Gasteiger partial charge >= 0.3 is 0 Å². The molecule has 0 bridgehead atoms. The minimum atomic E-state index is -3.63. The van der Waals surface area contributed by atoms with Crippen LogP contribution in [0.2, 0.25) is 0 Å². The predicted octanol–water partition coefficient (Wildman–Crippen LogP) is 2.82. The van der Waals surface area contributed by atoms with E-state index >= 15 is 0 Å². The van der Waals surface area contributed by atoms with Crippen molar-refractivity contribution in [1.82, 2.24) is 9.21 Å². The molecule has 29 heavy (non-hydrogen) atoms. The third-order valence-corrected chi connectivity index (χ3v) is 7.39. The molecule has 164 valence electrons. The van der Waals surface area contributed by atoms with Crippen LogP contribution in [-0.4, -0.2) is 76.0 Å². The number of nitrogens with zero attached hydrogens (tertiary/aromatic N) is 3. The van der Waals surface area contributed by atoms with Gasteiger partial charge < -0.3 is 14.5 Å². The molecule has 0 radical (unpaired) electrons. The fraction of sp³-hybridized carbons (Fsp3) is 0.667. The van der Waals surface area contributed by atoms with Crippen molar-refractivity contribution in [3.8, 4) is 0 Å². The minimum Gasteiger partial charge on any atom is -0.378 e. The number of amides is 1. The van der Waals surface area contributed by atoms with Crippen LogP contribution in [0.3, 0.4) is 0 Å². The number of benzene rings is 1. The molecule has 0 aliphatic carbocycles. The lowest BCUT2D eigenvalue weighted by Crippen LogP contribution is -2.39. The van der Waals surface area contributed by atoms with Gasteiger partial charge in [-0.2, -0.15) is 4.31 Å². The molecule has 1 fully saturated rings.